The zero-order chi connectivity index (χ0) is 13.8. The van der Waals surface area contributed by atoms with Crippen LogP contribution < -0.4 is 11.1 Å². The molecule has 0 fully saturated rings. The lowest BCUT2D eigenvalue weighted by atomic mass is 10.1. The molecule has 2 rings (SSSR count). The number of benzene rings is 1. The van der Waals surface area contributed by atoms with Crippen molar-refractivity contribution in [1.29, 1.82) is 0 Å². The Balaban J connectivity index is 2.18. The number of amides is 1. The smallest absolute Gasteiger partial charge is 0.263 e. The quantitative estimate of drug-likeness (QED) is 0.735. The molecule has 1 heterocycles. The Bertz CT molecular complexity index is 592. The Morgan fingerprint density at radius 3 is 2.89 bits per heavy atom. The van der Waals surface area contributed by atoms with E-state index in [1.807, 2.05) is 25.1 Å². The van der Waals surface area contributed by atoms with Gasteiger partial charge in [0.05, 0.1) is 5.69 Å². The van der Waals surface area contributed by atoms with Crippen LogP contribution in [0.25, 0.3) is 10.1 Å². The summed E-state index contributed by atoms with van der Waals surface area (Å²) in [4.78, 5) is 12.6. The van der Waals surface area contributed by atoms with Crippen LogP contribution in [0.5, 0.6) is 0 Å². The molecule has 0 aliphatic carbocycles. The highest BCUT2D eigenvalue weighted by Crippen LogP contribution is 2.35. The molecule has 1 amide bonds. The van der Waals surface area contributed by atoms with Crippen LogP contribution in [0.15, 0.2) is 18.2 Å². The SMILES string of the molecule is Cc1cccc2c(N)c(C(=O)NCCCCO)sc12. The first-order valence-electron chi connectivity index (χ1n) is 6.31. The second-order valence-electron chi connectivity index (χ2n) is 4.48. The van der Waals surface area contributed by atoms with Crippen LogP contribution in [0.3, 0.4) is 0 Å². The summed E-state index contributed by atoms with van der Waals surface area (Å²) in [7, 11) is 0. The van der Waals surface area contributed by atoms with Gasteiger partial charge in [-0.2, -0.15) is 0 Å². The molecule has 19 heavy (non-hydrogen) atoms. The van der Waals surface area contributed by atoms with E-state index in [4.69, 9.17) is 10.8 Å². The van der Waals surface area contributed by atoms with Gasteiger partial charge < -0.3 is 16.2 Å². The molecule has 1 aromatic heterocycles. The number of hydrogen-bond donors (Lipinski definition) is 3. The minimum absolute atomic E-state index is 0.129. The molecule has 5 heteroatoms. The molecule has 0 unspecified atom stereocenters. The maximum absolute atomic E-state index is 12.1. The number of anilines is 1. The predicted octanol–water partition coefficient (Wildman–Crippen LogP) is 2.29. The average Bonchev–Trinajstić information content (AvgIpc) is 2.74. The molecular formula is C14H18N2O2S. The number of aliphatic hydroxyl groups is 1. The van der Waals surface area contributed by atoms with Crippen molar-refractivity contribution in [1.82, 2.24) is 5.32 Å². The number of aryl methyl sites for hydroxylation is 1. The maximum atomic E-state index is 12.1. The van der Waals surface area contributed by atoms with E-state index in [1.54, 1.807) is 0 Å². The van der Waals surface area contributed by atoms with E-state index in [0.29, 0.717) is 23.5 Å². The van der Waals surface area contributed by atoms with E-state index >= 15 is 0 Å². The number of aliphatic hydroxyl groups excluding tert-OH is 1. The van der Waals surface area contributed by atoms with Crippen LogP contribution in [0.4, 0.5) is 5.69 Å². The van der Waals surface area contributed by atoms with Crippen LogP contribution in [-0.4, -0.2) is 24.2 Å². The Hall–Kier alpha value is -1.59. The van der Waals surface area contributed by atoms with Crippen LogP contribution in [0.1, 0.15) is 28.1 Å². The monoisotopic (exact) mass is 278 g/mol. The number of carbonyl (C=O) groups is 1. The molecular weight excluding hydrogens is 260 g/mol. The summed E-state index contributed by atoms with van der Waals surface area (Å²) in [6.45, 7) is 2.73. The lowest BCUT2D eigenvalue weighted by Crippen LogP contribution is -2.24. The number of fused-ring (bicyclic) bond motifs is 1. The van der Waals surface area contributed by atoms with E-state index in [2.05, 4.69) is 5.32 Å². The topological polar surface area (TPSA) is 75.4 Å². The van der Waals surface area contributed by atoms with E-state index in [9.17, 15) is 4.79 Å². The van der Waals surface area contributed by atoms with Gasteiger partial charge in [0.15, 0.2) is 0 Å². The highest BCUT2D eigenvalue weighted by atomic mass is 32.1. The summed E-state index contributed by atoms with van der Waals surface area (Å²) in [6, 6.07) is 5.90. The number of unbranched alkanes of at least 4 members (excludes halogenated alkanes) is 1. The molecule has 0 radical (unpaired) electrons. The van der Waals surface area contributed by atoms with Gasteiger partial charge in [0.2, 0.25) is 0 Å². The fourth-order valence-corrected chi connectivity index (χ4v) is 3.07. The Kier molecular flexibility index (Phi) is 4.39. The maximum Gasteiger partial charge on any atom is 0.263 e. The third-order valence-electron chi connectivity index (χ3n) is 3.03. The van der Waals surface area contributed by atoms with Crippen molar-refractivity contribution in [2.24, 2.45) is 0 Å². The van der Waals surface area contributed by atoms with Crippen LogP contribution in [0.2, 0.25) is 0 Å². The summed E-state index contributed by atoms with van der Waals surface area (Å²) in [5.74, 6) is -0.129. The summed E-state index contributed by atoms with van der Waals surface area (Å²) in [5.41, 5.74) is 7.74. The summed E-state index contributed by atoms with van der Waals surface area (Å²) < 4.78 is 1.07. The third-order valence-corrected chi connectivity index (χ3v) is 4.38. The number of nitrogen functional groups attached to an aromatic ring is 1. The zero-order valence-electron chi connectivity index (χ0n) is 10.9. The average molecular weight is 278 g/mol. The lowest BCUT2D eigenvalue weighted by molar-refractivity contribution is 0.0957. The van der Waals surface area contributed by atoms with Crippen molar-refractivity contribution in [3.8, 4) is 0 Å². The number of rotatable bonds is 5. The molecule has 0 aliphatic rings. The van der Waals surface area contributed by atoms with Gasteiger partial charge in [0, 0.05) is 23.2 Å². The standard InChI is InChI=1S/C14H18N2O2S/c1-9-5-4-6-10-11(15)13(19-12(9)10)14(18)16-7-2-3-8-17/h4-6,17H,2-3,7-8,15H2,1H3,(H,16,18). The Morgan fingerprint density at radius 2 is 2.21 bits per heavy atom. The zero-order valence-corrected chi connectivity index (χ0v) is 11.7. The van der Waals surface area contributed by atoms with E-state index in [1.165, 1.54) is 11.3 Å². The Morgan fingerprint density at radius 1 is 1.42 bits per heavy atom. The molecule has 4 nitrogen and oxygen atoms in total. The first kappa shape index (κ1) is 13.8. The van der Waals surface area contributed by atoms with E-state index < -0.39 is 0 Å². The highest BCUT2D eigenvalue weighted by molar-refractivity contribution is 7.21. The third kappa shape index (κ3) is 2.88. The number of carbonyl (C=O) groups excluding carboxylic acids is 1. The van der Waals surface area contributed by atoms with Gasteiger partial charge in [-0.05, 0) is 25.3 Å². The largest absolute Gasteiger partial charge is 0.397 e. The molecule has 2 aromatic rings. The fraction of sp³-hybridized carbons (Fsp3) is 0.357. The lowest BCUT2D eigenvalue weighted by Gasteiger charge is -2.03. The second kappa shape index (κ2) is 6.04. The minimum Gasteiger partial charge on any atom is -0.397 e. The van der Waals surface area contributed by atoms with Gasteiger partial charge in [-0.3, -0.25) is 4.79 Å². The molecule has 102 valence electrons. The van der Waals surface area contributed by atoms with E-state index in [0.717, 1.165) is 22.1 Å². The fourth-order valence-electron chi connectivity index (χ4n) is 1.97. The highest BCUT2D eigenvalue weighted by Gasteiger charge is 2.16. The molecule has 0 bridgehead atoms. The summed E-state index contributed by atoms with van der Waals surface area (Å²) in [5, 5.41) is 12.5. The van der Waals surface area contributed by atoms with Crippen LogP contribution in [-0.2, 0) is 0 Å². The summed E-state index contributed by atoms with van der Waals surface area (Å²) >= 11 is 1.44. The number of hydrogen-bond acceptors (Lipinski definition) is 4. The number of nitrogens with two attached hydrogens (primary N) is 1. The molecule has 4 N–H and O–H groups in total. The molecule has 0 aliphatic heterocycles. The molecule has 0 spiro atoms. The minimum atomic E-state index is -0.129. The van der Waals surface area contributed by atoms with Gasteiger partial charge in [-0.15, -0.1) is 11.3 Å². The van der Waals surface area contributed by atoms with Gasteiger partial charge in [0.25, 0.3) is 5.91 Å². The molecule has 1 aromatic carbocycles. The van der Waals surface area contributed by atoms with Crippen molar-refractivity contribution in [3.63, 3.8) is 0 Å². The van der Waals surface area contributed by atoms with Gasteiger partial charge >= 0.3 is 0 Å². The van der Waals surface area contributed by atoms with Crippen molar-refractivity contribution in [2.75, 3.05) is 18.9 Å². The first-order valence-corrected chi connectivity index (χ1v) is 7.13. The molecule has 0 atom stereocenters. The molecule has 0 saturated carbocycles. The number of thiophene rings is 1. The first-order chi connectivity index (χ1) is 9.15. The van der Waals surface area contributed by atoms with Crippen molar-refractivity contribution in [3.05, 3.63) is 28.6 Å². The number of nitrogens with one attached hydrogen (secondary N) is 1. The van der Waals surface area contributed by atoms with Crippen LogP contribution >= 0.6 is 11.3 Å². The van der Waals surface area contributed by atoms with Crippen LogP contribution in [0, 0.1) is 6.92 Å². The second-order valence-corrected chi connectivity index (χ2v) is 5.50. The predicted molar refractivity (Wildman–Crippen MR) is 79.6 cm³/mol. The van der Waals surface area contributed by atoms with Crippen molar-refractivity contribution < 1.29 is 9.90 Å². The Labute approximate surface area is 116 Å². The van der Waals surface area contributed by atoms with Gasteiger partial charge in [-0.25, -0.2) is 0 Å². The van der Waals surface area contributed by atoms with E-state index in [-0.39, 0.29) is 12.5 Å². The van der Waals surface area contributed by atoms with Gasteiger partial charge in [-0.1, -0.05) is 18.2 Å². The van der Waals surface area contributed by atoms with Crippen molar-refractivity contribution >= 4 is 33.0 Å². The summed E-state index contributed by atoms with van der Waals surface area (Å²) in [6.07, 6.45) is 1.47. The van der Waals surface area contributed by atoms with Crippen molar-refractivity contribution in [2.45, 2.75) is 19.8 Å². The molecule has 0 saturated heterocycles. The van der Waals surface area contributed by atoms with Gasteiger partial charge in [0.1, 0.15) is 4.88 Å². The normalized spacial score (nSPS) is 10.8.